The monoisotopic (exact) mass is 373 g/mol. The summed E-state index contributed by atoms with van der Waals surface area (Å²) >= 11 is 0. The van der Waals surface area contributed by atoms with Crippen LogP contribution in [0.1, 0.15) is 57.8 Å². The quantitative estimate of drug-likeness (QED) is 0.439. The van der Waals surface area contributed by atoms with Gasteiger partial charge in [0.2, 0.25) is 5.91 Å². The van der Waals surface area contributed by atoms with Crippen LogP contribution >= 0.6 is 0 Å². The third kappa shape index (κ3) is 5.44. The van der Waals surface area contributed by atoms with E-state index in [0.29, 0.717) is 18.8 Å². The number of carbonyl (C=O) groups is 1. The third-order valence-electron chi connectivity index (χ3n) is 6.10. The van der Waals surface area contributed by atoms with Crippen LogP contribution in [0.3, 0.4) is 0 Å². The second-order valence-corrected chi connectivity index (χ2v) is 7.94. The van der Waals surface area contributed by atoms with Crippen LogP contribution < -0.4 is 10.2 Å². The summed E-state index contributed by atoms with van der Waals surface area (Å²) in [6.45, 7) is 2.15. The molecular weight excluding hydrogens is 342 g/mol. The Morgan fingerprint density at radius 2 is 1.81 bits per heavy atom. The average molecular weight is 373 g/mol. The highest BCUT2D eigenvalue weighted by Crippen LogP contribution is 2.31. The van der Waals surface area contributed by atoms with E-state index in [1.807, 2.05) is 11.0 Å². The molecule has 1 amide bonds. The summed E-state index contributed by atoms with van der Waals surface area (Å²) in [5, 5.41) is 14.3. The van der Waals surface area contributed by atoms with Crippen LogP contribution in [0.5, 0.6) is 0 Å². The zero-order valence-corrected chi connectivity index (χ0v) is 16.1. The molecule has 2 aliphatic rings. The fourth-order valence-electron chi connectivity index (χ4n) is 4.49. The van der Waals surface area contributed by atoms with Crippen molar-refractivity contribution in [3.63, 3.8) is 0 Å². The van der Waals surface area contributed by atoms with Gasteiger partial charge in [0.05, 0.1) is 4.92 Å². The van der Waals surface area contributed by atoms with E-state index in [2.05, 4.69) is 5.32 Å². The SMILES string of the molecule is O=C(NCCCC1CCCCC1)C1CCN(c2ccccc2[N+](=O)[O-])CC1. The number of anilines is 1. The maximum Gasteiger partial charge on any atom is 0.292 e. The van der Waals surface area contributed by atoms with Crippen LogP contribution in [0.25, 0.3) is 0 Å². The second-order valence-electron chi connectivity index (χ2n) is 7.94. The minimum absolute atomic E-state index is 0.0266. The topological polar surface area (TPSA) is 75.5 Å². The number of nitro benzene ring substituents is 1. The number of nitrogens with zero attached hydrogens (tertiary/aromatic N) is 2. The highest BCUT2D eigenvalue weighted by atomic mass is 16.6. The molecule has 0 aromatic heterocycles. The van der Waals surface area contributed by atoms with Gasteiger partial charge >= 0.3 is 0 Å². The number of nitrogens with one attached hydrogen (secondary N) is 1. The van der Waals surface area contributed by atoms with Gasteiger partial charge in [0.25, 0.3) is 5.69 Å². The normalized spacial score (nSPS) is 19.0. The first-order chi connectivity index (χ1) is 13.1. The van der Waals surface area contributed by atoms with E-state index in [-0.39, 0.29) is 22.4 Å². The molecule has 0 unspecified atom stereocenters. The molecule has 0 radical (unpaired) electrons. The van der Waals surface area contributed by atoms with Crippen molar-refractivity contribution in [2.45, 2.75) is 57.8 Å². The summed E-state index contributed by atoms with van der Waals surface area (Å²) in [5.74, 6) is 1.04. The Hall–Kier alpha value is -2.11. The lowest BCUT2D eigenvalue weighted by Crippen LogP contribution is -2.41. The van der Waals surface area contributed by atoms with Crippen LogP contribution in [0.4, 0.5) is 11.4 Å². The van der Waals surface area contributed by atoms with E-state index < -0.39 is 0 Å². The fraction of sp³-hybridized carbons (Fsp3) is 0.667. The van der Waals surface area contributed by atoms with Crippen molar-refractivity contribution in [2.75, 3.05) is 24.5 Å². The Kier molecular flexibility index (Phi) is 7.07. The zero-order valence-electron chi connectivity index (χ0n) is 16.1. The molecule has 1 aromatic carbocycles. The first-order valence-corrected chi connectivity index (χ1v) is 10.4. The van der Waals surface area contributed by atoms with Gasteiger partial charge in [-0.2, -0.15) is 0 Å². The lowest BCUT2D eigenvalue weighted by Gasteiger charge is -2.32. The number of hydrogen-bond acceptors (Lipinski definition) is 4. The lowest BCUT2D eigenvalue weighted by molar-refractivity contribution is -0.384. The molecule has 1 N–H and O–H groups in total. The molecule has 6 heteroatoms. The molecular formula is C21H31N3O3. The molecule has 0 spiro atoms. The number of carbonyl (C=O) groups excluding carboxylic acids is 1. The van der Waals surface area contributed by atoms with E-state index in [1.54, 1.807) is 18.2 Å². The Balaban J connectivity index is 1.39. The molecule has 1 aliphatic heterocycles. The second kappa shape index (κ2) is 9.72. The number of piperidine rings is 1. The van der Waals surface area contributed by atoms with Crippen molar-refractivity contribution < 1.29 is 9.72 Å². The molecule has 2 fully saturated rings. The van der Waals surface area contributed by atoms with Crippen molar-refractivity contribution in [1.29, 1.82) is 0 Å². The summed E-state index contributed by atoms with van der Waals surface area (Å²) < 4.78 is 0. The largest absolute Gasteiger partial charge is 0.366 e. The number of nitro groups is 1. The minimum Gasteiger partial charge on any atom is -0.366 e. The summed E-state index contributed by atoms with van der Waals surface area (Å²) in [6, 6.07) is 6.85. The summed E-state index contributed by atoms with van der Waals surface area (Å²) in [4.78, 5) is 25.3. The molecule has 6 nitrogen and oxygen atoms in total. The van der Waals surface area contributed by atoms with Gasteiger partial charge in [-0.25, -0.2) is 0 Å². The number of para-hydroxylation sites is 2. The molecule has 1 saturated carbocycles. The van der Waals surface area contributed by atoms with Crippen LogP contribution in [-0.4, -0.2) is 30.5 Å². The van der Waals surface area contributed by atoms with E-state index in [9.17, 15) is 14.9 Å². The molecule has 0 bridgehead atoms. The highest BCUT2D eigenvalue weighted by Gasteiger charge is 2.27. The molecule has 1 heterocycles. The molecule has 27 heavy (non-hydrogen) atoms. The molecule has 1 aliphatic carbocycles. The van der Waals surface area contributed by atoms with E-state index in [4.69, 9.17) is 0 Å². The molecule has 1 saturated heterocycles. The number of benzene rings is 1. The van der Waals surface area contributed by atoms with Gasteiger partial charge in [-0.1, -0.05) is 44.2 Å². The Bertz CT molecular complexity index is 635. The number of rotatable bonds is 7. The van der Waals surface area contributed by atoms with Crippen LogP contribution in [-0.2, 0) is 4.79 Å². The standard InChI is InChI=1S/C21H31N3O3/c25-21(22-14-6-9-17-7-2-1-3-8-17)18-12-15-23(16-13-18)19-10-4-5-11-20(19)24(26)27/h4-5,10-11,17-18H,1-3,6-9,12-16H2,(H,22,25). The van der Waals surface area contributed by atoms with E-state index in [0.717, 1.165) is 31.7 Å². The van der Waals surface area contributed by atoms with E-state index >= 15 is 0 Å². The summed E-state index contributed by atoms with van der Waals surface area (Å²) in [7, 11) is 0. The Morgan fingerprint density at radius 1 is 1.11 bits per heavy atom. The van der Waals surface area contributed by atoms with Crippen LogP contribution in [0, 0.1) is 22.0 Å². The molecule has 1 aromatic rings. The van der Waals surface area contributed by atoms with Gasteiger partial charge in [0.15, 0.2) is 0 Å². The van der Waals surface area contributed by atoms with Crippen molar-refractivity contribution in [1.82, 2.24) is 5.32 Å². The van der Waals surface area contributed by atoms with Gasteiger partial charge in [-0.3, -0.25) is 14.9 Å². The number of amides is 1. The number of hydrogen-bond donors (Lipinski definition) is 1. The average Bonchev–Trinajstić information content (AvgIpc) is 2.72. The van der Waals surface area contributed by atoms with Crippen molar-refractivity contribution in [3.05, 3.63) is 34.4 Å². The van der Waals surface area contributed by atoms with Gasteiger partial charge in [0, 0.05) is 31.6 Å². The maximum absolute atomic E-state index is 12.4. The van der Waals surface area contributed by atoms with Crippen molar-refractivity contribution in [3.8, 4) is 0 Å². The van der Waals surface area contributed by atoms with E-state index in [1.165, 1.54) is 38.5 Å². The first-order valence-electron chi connectivity index (χ1n) is 10.4. The first kappa shape index (κ1) is 19.6. The predicted octanol–water partition coefficient (Wildman–Crippen LogP) is 4.29. The smallest absolute Gasteiger partial charge is 0.292 e. The van der Waals surface area contributed by atoms with Crippen molar-refractivity contribution in [2.24, 2.45) is 11.8 Å². The van der Waals surface area contributed by atoms with Gasteiger partial charge < -0.3 is 10.2 Å². The fourth-order valence-corrected chi connectivity index (χ4v) is 4.49. The Morgan fingerprint density at radius 3 is 2.52 bits per heavy atom. The lowest BCUT2D eigenvalue weighted by atomic mass is 9.86. The summed E-state index contributed by atoms with van der Waals surface area (Å²) in [6.07, 6.45) is 10.7. The zero-order chi connectivity index (χ0) is 19.1. The van der Waals surface area contributed by atoms with Crippen molar-refractivity contribution >= 4 is 17.3 Å². The molecule has 148 valence electrons. The summed E-state index contributed by atoms with van der Waals surface area (Å²) in [5.41, 5.74) is 0.803. The third-order valence-corrected chi connectivity index (χ3v) is 6.10. The predicted molar refractivity (Wildman–Crippen MR) is 107 cm³/mol. The van der Waals surface area contributed by atoms with Gasteiger partial charge in [0.1, 0.15) is 5.69 Å². The van der Waals surface area contributed by atoms with Gasteiger partial charge in [-0.05, 0) is 37.7 Å². The minimum atomic E-state index is -0.333. The van der Waals surface area contributed by atoms with Crippen LogP contribution in [0.15, 0.2) is 24.3 Å². The Labute approximate surface area is 161 Å². The van der Waals surface area contributed by atoms with Gasteiger partial charge in [-0.15, -0.1) is 0 Å². The molecule has 0 atom stereocenters. The maximum atomic E-state index is 12.4. The molecule has 3 rings (SSSR count). The van der Waals surface area contributed by atoms with Crippen LogP contribution in [0.2, 0.25) is 0 Å². The highest BCUT2D eigenvalue weighted by molar-refractivity contribution is 5.79.